The lowest BCUT2D eigenvalue weighted by Gasteiger charge is -2.12. The summed E-state index contributed by atoms with van der Waals surface area (Å²) in [6, 6.07) is 1.60. The van der Waals surface area contributed by atoms with Gasteiger partial charge in [0.05, 0.1) is 13.5 Å². The fraction of sp³-hybridized carbons (Fsp3) is 0.400. The molecule has 0 saturated carbocycles. The Hall–Kier alpha value is -1.29. The molecular formula is C10H13ClN2O2. The SMILES string of the molecule is COc1cc(Cl)ncc1CC(=O)N(C)C. The van der Waals surface area contributed by atoms with Crippen LogP contribution in [0.2, 0.25) is 5.15 Å². The van der Waals surface area contributed by atoms with E-state index in [4.69, 9.17) is 16.3 Å². The number of halogens is 1. The topological polar surface area (TPSA) is 42.4 Å². The largest absolute Gasteiger partial charge is 0.496 e. The lowest BCUT2D eigenvalue weighted by molar-refractivity contribution is -0.127. The van der Waals surface area contributed by atoms with Crippen LogP contribution in [0.4, 0.5) is 0 Å². The standard InChI is InChI=1S/C10H13ClN2O2/c1-13(2)10(14)4-7-6-12-9(11)5-8(7)15-3/h5-6H,4H2,1-3H3. The van der Waals surface area contributed by atoms with E-state index in [1.807, 2.05) is 0 Å². The molecule has 0 aliphatic heterocycles. The van der Waals surface area contributed by atoms with E-state index in [0.717, 1.165) is 5.56 Å². The Bertz CT molecular complexity index is 366. The first-order valence-corrected chi connectivity index (χ1v) is 4.81. The average Bonchev–Trinajstić information content (AvgIpc) is 2.20. The molecule has 0 spiro atoms. The molecule has 1 aromatic rings. The summed E-state index contributed by atoms with van der Waals surface area (Å²) in [5, 5.41) is 0.355. The molecule has 1 aromatic heterocycles. The second-order valence-corrected chi connectivity index (χ2v) is 3.67. The van der Waals surface area contributed by atoms with Crippen LogP contribution in [0.1, 0.15) is 5.56 Å². The molecule has 0 bridgehead atoms. The minimum Gasteiger partial charge on any atom is -0.496 e. The highest BCUT2D eigenvalue weighted by Gasteiger charge is 2.11. The van der Waals surface area contributed by atoms with Crippen molar-refractivity contribution in [2.45, 2.75) is 6.42 Å². The highest BCUT2D eigenvalue weighted by molar-refractivity contribution is 6.29. The van der Waals surface area contributed by atoms with Gasteiger partial charge < -0.3 is 9.64 Å². The highest BCUT2D eigenvalue weighted by atomic mass is 35.5. The van der Waals surface area contributed by atoms with E-state index in [-0.39, 0.29) is 12.3 Å². The molecule has 0 saturated heterocycles. The third-order valence-electron chi connectivity index (χ3n) is 1.97. The number of hydrogen-bond donors (Lipinski definition) is 0. The maximum absolute atomic E-state index is 11.5. The molecule has 82 valence electrons. The van der Waals surface area contributed by atoms with Crippen LogP contribution in [0, 0.1) is 0 Å². The predicted molar refractivity (Wildman–Crippen MR) is 58.2 cm³/mol. The molecule has 5 heteroatoms. The second-order valence-electron chi connectivity index (χ2n) is 3.28. The Balaban J connectivity index is 2.89. The Kier molecular flexibility index (Phi) is 3.91. The van der Waals surface area contributed by atoms with Gasteiger partial charge in [-0.2, -0.15) is 0 Å². The van der Waals surface area contributed by atoms with Crippen molar-refractivity contribution in [2.24, 2.45) is 0 Å². The zero-order valence-electron chi connectivity index (χ0n) is 8.95. The van der Waals surface area contributed by atoms with Crippen molar-refractivity contribution < 1.29 is 9.53 Å². The van der Waals surface area contributed by atoms with Gasteiger partial charge in [0.25, 0.3) is 0 Å². The van der Waals surface area contributed by atoms with Crippen LogP contribution in [0.3, 0.4) is 0 Å². The molecule has 0 radical (unpaired) electrons. The molecule has 0 N–H and O–H groups in total. The Labute approximate surface area is 93.8 Å². The predicted octanol–water partition coefficient (Wildman–Crippen LogP) is 1.37. The van der Waals surface area contributed by atoms with Gasteiger partial charge in [0.15, 0.2) is 0 Å². The fourth-order valence-corrected chi connectivity index (χ4v) is 1.23. The third kappa shape index (κ3) is 3.09. The van der Waals surface area contributed by atoms with E-state index in [1.165, 1.54) is 12.0 Å². The first-order chi connectivity index (χ1) is 7.04. The summed E-state index contributed by atoms with van der Waals surface area (Å²) in [5.74, 6) is 0.586. The Morgan fingerprint density at radius 1 is 1.60 bits per heavy atom. The molecule has 1 rings (SSSR count). The summed E-state index contributed by atoms with van der Waals surface area (Å²) in [4.78, 5) is 16.9. The summed E-state index contributed by atoms with van der Waals surface area (Å²) in [6.45, 7) is 0. The zero-order valence-corrected chi connectivity index (χ0v) is 9.71. The number of carbonyl (C=O) groups is 1. The smallest absolute Gasteiger partial charge is 0.226 e. The van der Waals surface area contributed by atoms with Crippen molar-refractivity contribution in [3.8, 4) is 5.75 Å². The van der Waals surface area contributed by atoms with Crippen molar-refractivity contribution in [2.75, 3.05) is 21.2 Å². The highest BCUT2D eigenvalue weighted by Crippen LogP contribution is 2.21. The summed E-state index contributed by atoms with van der Waals surface area (Å²) in [5.41, 5.74) is 0.737. The minimum atomic E-state index is -0.00239. The Morgan fingerprint density at radius 2 is 2.27 bits per heavy atom. The van der Waals surface area contributed by atoms with Crippen LogP contribution in [0.15, 0.2) is 12.3 Å². The fourth-order valence-electron chi connectivity index (χ4n) is 1.09. The number of carbonyl (C=O) groups excluding carboxylic acids is 1. The first-order valence-electron chi connectivity index (χ1n) is 4.43. The average molecular weight is 229 g/mol. The van der Waals surface area contributed by atoms with E-state index in [2.05, 4.69) is 4.98 Å². The van der Waals surface area contributed by atoms with Crippen LogP contribution in [0.25, 0.3) is 0 Å². The van der Waals surface area contributed by atoms with Crippen molar-refractivity contribution in [1.29, 1.82) is 0 Å². The molecular weight excluding hydrogens is 216 g/mol. The molecule has 0 unspecified atom stereocenters. The van der Waals surface area contributed by atoms with Gasteiger partial charge in [0, 0.05) is 31.9 Å². The minimum absolute atomic E-state index is 0.00239. The summed E-state index contributed by atoms with van der Waals surface area (Å²) >= 11 is 5.71. The maximum atomic E-state index is 11.5. The first kappa shape index (κ1) is 11.8. The van der Waals surface area contributed by atoms with E-state index in [9.17, 15) is 4.79 Å². The van der Waals surface area contributed by atoms with Crippen molar-refractivity contribution in [3.05, 3.63) is 23.0 Å². The van der Waals surface area contributed by atoms with Crippen LogP contribution < -0.4 is 4.74 Å². The van der Waals surface area contributed by atoms with Crippen LogP contribution in [-0.4, -0.2) is 37.0 Å². The molecule has 0 aliphatic rings. The van der Waals surface area contributed by atoms with E-state index in [1.54, 1.807) is 26.4 Å². The van der Waals surface area contributed by atoms with Gasteiger partial charge in [0.2, 0.25) is 5.91 Å². The van der Waals surface area contributed by atoms with Crippen molar-refractivity contribution in [3.63, 3.8) is 0 Å². The summed E-state index contributed by atoms with van der Waals surface area (Å²) < 4.78 is 5.11. The van der Waals surface area contributed by atoms with E-state index in [0.29, 0.717) is 10.9 Å². The summed E-state index contributed by atoms with van der Waals surface area (Å²) in [7, 11) is 4.95. The van der Waals surface area contributed by atoms with E-state index < -0.39 is 0 Å². The van der Waals surface area contributed by atoms with Gasteiger partial charge in [0.1, 0.15) is 10.9 Å². The number of ether oxygens (including phenoxy) is 1. The van der Waals surface area contributed by atoms with E-state index >= 15 is 0 Å². The van der Waals surface area contributed by atoms with Gasteiger partial charge in [-0.3, -0.25) is 4.79 Å². The maximum Gasteiger partial charge on any atom is 0.226 e. The van der Waals surface area contributed by atoms with Crippen LogP contribution >= 0.6 is 11.6 Å². The molecule has 0 atom stereocenters. The monoisotopic (exact) mass is 228 g/mol. The molecule has 1 heterocycles. The zero-order chi connectivity index (χ0) is 11.4. The molecule has 0 fully saturated rings. The molecule has 15 heavy (non-hydrogen) atoms. The number of rotatable bonds is 3. The van der Waals surface area contributed by atoms with Gasteiger partial charge in [-0.1, -0.05) is 11.6 Å². The van der Waals surface area contributed by atoms with Gasteiger partial charge in [-0.05, 0) is 0 Å². The summed E-state index contributed by atoms with van der Waals surface area (Å²) in [6.07, 6.45) is 1.82. The molecule has 0 aliphatic carbocycles. The van der Waals surface area contributed by atoms with Crippen molar-refractivity contribution in [1.82, 2.24) is 9.88 Å². The second kappa shape index (κ2) is 4.98. The lowest BCUT2D eigenvalue weighted by Crippen LogP contribution is -2.23. The third-order valence-corrected chi connectivity index (χ3v) is 2.18. The normalized spacial score (nSPS) is 9.87. The number of methoxy groups -OCH3 is 1. The quantitative estimate of drug-likeness (QED) is 0.734. The Morgan fingerprint density at radius 3 is 2.80 bits per heavy atom. The van der Waals surface area contributed by atoms with Gasteiger partial charge >= 0.3 is 0 Å². The van der Waals surface area contributed by atoms with Crippen molar-refractivity contribution >= 4 is 17.5 Å². The number of amides is 1. The van der Waals surface area contributed by atoms with Gasteiger partial charge in [-0.15, -0.1) is 0 Å². The molecule has 0 aromatic carbocycles. The lowest BCUT2D eigenvalue weighted by atomic mass is 10.2. The van der Waals surface area contributed by atoms with Crippen LogP contribution in [-0.2, 0) is 11.2 Å². The van der Waals surface area contributed by atoms with Crippen LogP contribution in [0.5, 0.6) is 5.75 Å². The molecule has 1 amide bonds. The number of likely N-dealkylation sites (N-methyl/N-ethyl adjacent to an activating group) is 1. The molecule has 4 nitrogen and oxygen atoms in total. The number of aromatic nitrogens is 1. The number of nitrogens with zero attached hydrogens (tertiary/aromatic N) is 2. The number of pyridine rings is 1. The van der Waals surface area contributed by atoms with Gasteiger partial charge in [-0.25, -0.2) is 4.98 Å². The number of hydrogen-bond acceptors (Lipinski definition) is 3.